The molecule has 13 heavy (non-hydrogen) atoms. The summed E-state index contributed by atoms with van der Waals surface area (Å²) in [4.78, 5) is 23.6. The summed E-state index contributed by atoms with van der Waals surface area (Å²) in [7, 11) is 0. The molecule has 0 unspecified atom stereocenters. The Hall–Kier alpha value is -1.78. The van der Waals surface area contributed by atoms with E-state index in [9.17, 15) is 9.59 Å². The van der Waals surface area contributed by atoms with E-state index < -0.39 is 11.9 Å². The van der Waals surface area contributed by atoms with Crippen LogP contribution in [0.3, 0.4) is 0 Å². The lowest BCUT2D eigenvalue weighted by atomic mass is 10.6. The maximum atomic E-state index is 10.5. The summed E-state index contributed by atoms with van der Waals surface area (Å²) in [5.74, 6) is -0.361. The van der Waals surface area contributed by atoms with Gasteiger partial charge < -0.3 is 9.47 Å². The Morgan fingerprint density at radius 1 is 1.08 bits per heavy atom. The van der Waals surface area contributed by atoms with Crippen LogP contribution in [-0.2, 0) is 9.59 Å². The van der Waals surface area contributed by atoms with Gasteiger partial charge in [-0.25, -0.2) is 0 Å². The number of H-pyrrole nitrogens is 1. The van der Waals surface area contributed by atoms with E-state index in [-0.39, 0.29) is 11.8 Å². The minimum absolute atomic E-state index is 0.253. The van der Waals surface area contributed by atoms with Gasteiger partial charge in [0.25, 0.3) is 0 Å². The quantitative estimate of drug-likeness (QED) is 0.690. The predicted molar refractivity (Wildman–Crippen MR) is 43.4 cm³/mol. The van der Waals surface area contributed by atoms with Crippen LogP contribution in [0.1, 0.15) is 13.8 Å². The number of esters is 2. The lowest BCUT2D eigenvalue weighted by molar-refractivity contribution is -0.132. The van der Waals surface area contributed by atoms with Gasteiger partial charge in [-0.3, -0.25) is 14.6 Å². The van der Waals surface area contributed by atoms with Gasteiger partial charge >= 0.3 is 11.9 Å². The zero-order valence-corrected chi connectivity index (χ0v) is 7.29. The van der Waals surface area contributed by atoms with Crippen LogP contribution >= 0.6 is 0 Å². The molecule has 5 nitrogen and oxygen atoms in total. The van der Waals surface area contributed by atoms with Crippen LogP contribution < -0.4 is 9.47 Å². The number of hydrogen-bond acceptors (Lipinski definition) is 4. The van der Waals surface area contributed by atoms with Crippen molar-refractivity contribution >= 4 is 11.9 Å². The first kappa shape index (κ1) is 9.31. The molecule has 1 heterocycles. The van der Waals surface area contributed by atoms with Gasteiger partial charge in [0, 0.05) is 26.0 Å². The molecule has 5 heteroatoms. The van der Waals surface area contributed by atoms with Crippen molar-refractivity contribution in [3.63, 3.8) is 0 Å². The lowest BCUT2D eigenvalue weighted by Gasteiger charge is -1.97. The maximum absolute atomic E-state index is 10.5. The Morgan fingerprint density at radius 3 is 1.77 bits per heavy atom. The van der Waals surface area contributed by atoms with Gasteiger partial charge in [-0.2, -0.15) is 0 Å². The third-order valence-corrected chi connectivity index (χ3v) is 1.14. The van der Waals surface area contributed by atoms with Crippen LogP contribution in [0.5, 0.6) is 11.8 Å². The fraction of sp³-hybridized carbons (Fsp3) is 0.250. The van der Waals surface area contributed by atoms with Gasteiger partial charge in [0.2, 0.25) is 11.8 Å². The number of aromatic amines is 1. The van der Waals surface area contributed by atoms with Crippen LogP contribution in [0, 0.1) is 0 Å². The fourth-order valence-electron chi connectivity index (χ4n) is 0.785. The molecule has 0 radical (unpaired) electrons. The molecule has 0 aliphatic heterocycles. The molecule has 0 aliphatic rings. The van der Waals surface area contributed by atoms with E-state index in [4.69, 9.17) is 9.47 Å². The largest absolute Gasteiger partial charge is 0.410 e. The molecule has 0 amide bonds. The number of carbonyl (C=O) groups excluding carboxylic acids is 2. The summed E-state index contributed by atoms with van der Waals surface area (Å²) in [5.41, 5.74) is 0. The average molecular weight is 183 g/mol. The van der Waals surface area contributed by atoms with Crippen molar-refractivity contribution in [1.29, 1.82) is 0 Å². The van der Waals surface area contributed by atoms with E-state index in [0.29, 0.717) is 0 Å². The molecule has 0 saturated heterocycles. The van der Waals surface area contributed by atoms with Crippen molar-refractivity contribution in [2.75, 3.05) is 0 Å². The average Bonchev–Trinajstić information content (AvgIpc) is 2.33. The van der Waals surface area contributed by atoms with E-state index in [0.717, 1.165) is 0 Å². The third kappa shape index (κ3) is 2.98. The molecule has 1 aromatic heterocycles. The second-order valence-electron chi connectivity index (χ2n) is 2.37. The first-order chi connectivity index (χ1) is 6.08. The summed E-state index contributed by atoms with van der Waals surface area (Å²) in [6.45, 7) is 2.57. The molecule has 1 rings (SSSR count). The van der Waals surface area contributed by atoms with Crippen molar-refractivity contribution in [1.82, 2.24) is 4.98 Å². The maximum Gasteiger partial charge on any atom is 0.309 e. The smallest absolute Gasteiger partial charge is 0.309 e. The van der Waals surface area contributed by atoms with E-state index >= 15 is 0 Å². The molecule has 0 atom stereocenters. The van der Waals surface area contributed by atoms with Gasteiger partial charge in [0.05, 0.1) is 0 Å². The number of carbonyl (C=O) groups is 2. The van der Waals surface area contributed by atoms with E-state index in [1.165, 1.54) is 26.0 Å². The molecule has 0 bridgehead atoms. The fourth-order valence-corrected chi connectivity index (χ4v) is 0.785. The van der Waals surface area contributed by atoms with E-state index in [1.807, 2.05) is 0 Å². The normalized spacial score (nSPS) is 9.38. The molecule has 70 valence electrons. The third-order valence-electron chi connectivity index (χ3n) is 1.14. The first-order valence-corrected chi connectivity index (χ1v) is 3.64. The summed E-state index contributed by atoms with van der Waals surface area (Å²) in [6.07, 6.45) is 0. The first-order valence-electron chi connectivity index (χ1n) is 3.64. The number of ether oxygens (including phenoxy) is 2. The molecule has 1 aromatic rings. The SMILES string of the molecule is CC(=O)Oc1ccc(OC(C)=O)[nH]1. The van der Waals surface area contributed by atoms with Crippen LogP contribution in [0.25, 0.3) is 0 Å². The molecule has 0 fully saturated rings. The van der Waals surface area contributed by atoms with Crippen molar-refractivity contribution < 1.29 is 19.1 Å². The van der Waals surface area contributed by atoms with Gasteiger partial charge in [0.1, 0.15) is 0 Å². The second kappa shape index (κ2) is 3.75. The van der Waals surface area contributed by atoms with Crippen LogP contribution in [0.4, 0.5) is 0 Å². The highest BCUT2D eigenvalue weighted by molar-refractivity contribution is 5.70. The van der Waals surface area contributed by atoms with Crippen molar-refractivity contribution in [2.45, 2.75) is 13.8 Å². The van der Waals surface area contributed by atoms with Crippen molar-refractivity contribution in [2.24, 2.45) is 0 Å². The Labute approximate surface area is 74.7 Å². The van der Waals surface area contributed by atoms with Gasteiger partial charge in [-0.05, 0) is 0 Å². The summed E-state index contributed by atoms with van der Waals surface area (Å²) in [6, 6.07) is 3.00. The number of nitrogens with one attached hydrogen (secondary N) is 1. The molecule has 0 spiro atoms. The van der Waals surface area contributed by atoms with E-state index in [2.05, 4.69) is 4.98 Å². The lowest BCUT2D eigenvalue weighted by Crippen LogP contribution is -2.03. The predicted octanol–water partition coefficient (Wildman–Crippen LogP) is 0.865. The summed E-state index contributed by atoms with van der Waals surface area (Å²) >= 11 is 0. The monoisotopic (exact) mass is 183 g/mol. The summed E-state index contributed by atoms with van der Waals surface area (Å²) < 4.78 is 9.38. The molecule has 1 N–H and O–H groups in total. The molecule has 0 aromatic carbocycles. The minimum Gasteiger partial charge on any atom is -0.410 e. The molecule has 0 saturated carbocycles. The highest BCUT2D eigenvalue weighted by atomic mass is 16.6. The summed E-state index contributed by atoms with van der Waals surface area (Å²) in [5, 5.41) is 0. The van der Waals surface area contributed by atoms with E-state index in [1.54, 1.807) is 0 Å². The Bertz CT molecular complexity index is 298. The van der Waals surface area contributed by atoms with Gasteiger partial charge in [-0.1, -0.05) is 0 Å². The van der Waals surface area contributed by atoms with Gasteiger partial charge in [0.15, 0.2) is 0 Å². The Kier molecular flexibility index (Phi) is 2.69. The number of rotatable bonds is 2. The van der Waals surface area contributed by atoms with Crippen LogP contribution in [0.15, 0.2) is 12.1 Å². The zero-order chi connectivity index (χ0) is 9.84. The standard InChI is InChI=1S/C8H9NO4/c1-5(10)12-7-3-4-8(9-7)13-6(2)11/h3-4,9H,1-2H3. The van der Waals surface area contributed by atoms with Gasteiger partial charge in [-0.15, -0.1) is 0 Å². The highest BCUT2D eigenvalue weighted by Gasteiger charge is 2.04. The molecular formula is C8H9NO4. The zero-order valence-electron chi connectivity index (χ0n) is 7.29. The minimum atomic E-state index is -0.434. The highest BCUT2D eigenvalue weighted by Crippen LogP contribution is 2.16. The van der Waals surface area contributed by atoms with Crippen LogP contribution in [-0.4, -0.2) is 16.9 Å². The molecule has 0 aliphatic carbocycles. The second-order valence-corrected chi connectivity index (χ2v) is 2.37. The topological polar surface area (TPSA) is 68.4 Å². The molecular weight excluding hydrogens is 174 g/mol. The van der Waals surface area contributed by atoms with Crippen molar-refractivity contribution in [3.05, 3.63) is 12.1 Å². The Balaban J connectivity index is 2.63. The van der Waals surface area contributed by atoms with Crippen LogP contribution in [0.2, 0.25) is 0 Å². The Morgan fingerprint density at radius 2 is 1.46 bits per heavy atom. The van der Waals surface area contributed by atoms with Crippen molar-refractivity contribution in [3.8, 4) is 11.8 Å². The number of aromatic nitrogens is 1. The number of hydrogen-bond donors (Lipinski definition) is 1.